The summed E-state index contributed by atoms with van der Waals surface area (Å²) in [5.74, 6) is 0.574. The molecule has 1 atom stereocenters. The SMILES string of the molecule is Cc1cc(C(C)Nc2nnc(CCN)o2)c(C)s1. The van der Waals surface area contributed by atoms with Crippen LogP contribution in [0.15, 0.2) is 10.5 Å². The maximum Gasteiger partial charge on any atom is 0.315 e. The summed E-state index contributed by atoms with van der Waals surface area (Å²) in [6.45, 7) is 6.83. The van der Waals surface area contributed by atoms with Gasteiger partial charge in [-0.05, 0) is 32.4 Å². The molecule has 5 nitrogen and oxygen atoms in total. The van der Waals surface area contributed by atoms with Crippen LogP contribution in [0, 0.1) is 13.8 Å². The highest BCUT2D eigenvalue weighted by Gasteiger charge is 2.14. The van der Waals surface area contributed by atoms with Crippen LogP contribution >= 0.6 is 11.3 Å². The van der Waals surface area contributed by atoms with Crippen molar-refractivity contribution < 1.29 is 4.42 Å². The van der Waals surface area contributed by atoms with Gasteiger partial charge in [0.25, 0.3) is 0 Å². The van der Waals surface area contributed by atoms with E-state index in [4.69, 9.17) is 10.2 Å². The third kappa shape index (κ3) is 2.88. The van der Waals surface area contributed by atoms with Crippen molar-refractivity contribution in [1.29, 1.82) is 0 Å². The molecule has 2 rings (SSSR count). The van der Waals surface area contributed by atoms with Crippen LogP contribution in [0.5, 0.6) is 0 Å². The average Bonchev–Trinajstić information content (AvgIpc) is 2.86. The Hall–Kier alpha value is -1.40. The summed E-state index contributed by atoms with van der Waals surface area (Å²) in [6.07, 6.45) is 0.611. The fourth-order valence-corrected chi connectivity index (χ4v) is 2.90. The van der Waals surface area contributed by atoms with Crippen molar-refractivity contribution in [2.24, 2.45) is 5.73 Å². The van der Waals surface area contributed by atoms with Gasteiger partial charge in [-0.2, -0.15) is 0 Å². The Kier molecular flexibility index (Phi) is 3.98. The standard InChI is InChI=1S/C12H18N4OS/c1-7-6-10(9(3)18-7)8(2)14-12-16-15-11(17-12)4-5-13/h6,8H,4-5,13H2,1-3H3,(H,14,16). The van der Waals surface area contributed by atoms with E-state index in [0.29, 0.717) is 24.9 Å². The molecule has 0 saturated heterocycles. The van der Waals surface area contributed by atoms with Crippen LogP contribution in [0.25, 0.3) is 0 Å². The second-order valence-electron chi connectivity index (χ2n) is 4.27. The van der Waals surface area contributed by atoms with Crippen LogP contribution in [-0.4, -0.2) is 16.7 Å². The molecule has 0 saturated carbocycles. The molecule has 6 heteroatoms. The van der Waals surface area contributed by atoms with Gasteiger partial charge in [-0.3, -0.25) is 0 Å². The average molecular weight is 266 g/mol. The number of rotatable bonds is 5. The van der Waals surface area contributed by atoms with Gasteiger partial charge in [-0.25, -0.2) is 0 Å². The van der Waals surface area contributed by atoms with Gasteiger partial charge in [-0.15, -0.1) is 16.4 Å². The molecule has 0 radical (unpaired) electrons. The summed E-state index contributed by atoms with van der Waals surface area (Å²) in [5.41, 5.74) is 6.71. The van der Waals surface area contributed by atoms with E-state index >= 15 is 0 Å². The zero-order valence-electron chi connectivity index (χ0n) is 10.9. The number of nitrogens with one attached hydrogen (secondary N) is 1. The van der Waals surface area contributed by atoms with Crippen LogP contribution < -0.4 is 11.1 Å². The van der Waals surface area contributed by atoms with Gasteiger partial charge in [0.1, 0.15) is 0 Å². The molecule has 2 aromatic heterocycles. The number of hydrogen-bond acceptors (Lipinski definition) is 6. The molecular weight excluding hydrogens is 248 g/mol. The van der Waals surface area contributed by atoms with E-state index in [1.807, 2.05) is 0 Å². The fourth-order valence-electron chi connectivity index (χ4n) is 1.88. The quantitative estimate of drug-likeness (QED) is 0.869. The number of nitrogens with two attached hydrogens (primary N) is 1. The molecule has 3 N–H and O–H groups in total. The maximum atomic E-state index is 5.45. The summed E-state index contributed by atoms with van der Waals surface area (Å²) in [4.78, 5) is 2.62. The Morgan fingerprint density at radius 2 is 2.22 bits per heavy atom. The predicted molar refractivity (Wildman–Crippen MR) is 72.9 cm³/mol. The van der Waals surface area contributed by atoms with Crippen molar-refractivity contribution in [3.8, 4) is 0 Å². The van der Waals surface area contributed by atoms with Crippen molar-refractivity contribution in [3.05, 3.63) is 27.3 Å². The number of anilines is 1. The van der Waals surface area contributed by atoms with E-state index in [-0.39, 0.29) is 6.04 Å². The molecule has 98 valence electrons. The van der Waals surface area contributed by atoms with Crippen LogP contribution in [-0.2, 0) is 6.42 Å². The Morgan fingerprint density at radius 1 is 1.44 bits per heavy atom. The van der Waals surface area contributed by atoms with Crippen LogP contribution in [0.4, 0.5) is 6.01 Å². The van der Waals surface area contributed by atoms with Crippen molar-refractivity contribution in [2.45, 2.75) is 33.2 Å². The van der Waals surface area contributed by atoms with Crippen molar-refractivity contribution in [1.82, 2.24) is 10.2 Å². The largest absolute Gasteiger partial charge is 0.408 e. The normalized spacial score (nSPS) is 12.7. The lowest BCUT2D eigenvalue weighted by atomic mass is 10.1. The minimum absolute atomic E-state index is 0.154. The molecule has 2 heterocycles. The van der Waals surface area contributed by atoms with E-state index in [1.54, 1.807) is 11.3 Å². The third-order valence-corrected chi connectivity index (χ3v) is 3.69. The Balaban J connectivity index is 2.06. The number of aromatic nitrogens is 2. The fraction of sp³-hybridized carbons (Fsp3) is 0.500. The summed E-state index contributed by atoms with van der Waals surface area (Å²) < 4.78 is 5.45. The lowest BCUT2D eigenvalue weighted by Crippen LogP contribution is -2.06. The van der Waals surface area contributed by atoms with Gasteiger partial charge in [0.2, 0.25) is 5.89 Å². The molecule has 0 aromatic carbocycles. The smallest absolute Gasteiger partial charge is 0.315 e. The van der Waals surface area contributed by atoms with Crippen molar-refractivity contribution in [3.63, 3.8) is 0 Å². The van der Waals surface area contributed by atoms with Gasteiger partial charge in [0.15, 0.2) is 0 Å². The first-order valence-electron chi connectivity index (χ1n) is 5.96. The highest BCUT2D eigenvalue weighted by molar-refractivity contribution is 7.12. The third-order valence-electron chi connectivity index (χ3n) is 2.71. The molecule has 2 aromatic rings. The minimum atomic E-state index is 0.154. The highest BCUT2D eigenvalue weighted by atomic mass is 32.1. The lowest BCUT2D eigenvalue weighted by Gasteiger charge is -2.11. The Bertz CT molecular complexity index is 520. The van der Waals surface area contributed by atoms with E-state index in [1.165, 1.54) is 15.3 Å². The summed E-state index contributed by atoms with van der Waals surface area (Å²) >= 11 is 1.80. The van der Waals surface area contributed by atoms with E-state index in [2.05, 4.69) is 42.4 Å². The molecule has 0 aliphatic rings. The molecule has 0 fully saturated rings. The zero-order chi connectivity index (χ0) is 13.1. The second kappa shape index (κ2) is 5.49. The van der Waals surface area contributed by atoms with Crippen molar-refractivity contribution >= 4 is 17.4 Å². The monoisotopic (exact) mass is 266 g/mol. The molecule has 18 heavy (non-hydrogen) atoms. The molecule has 0 amide bonds. The van der Waals surface area contributed by atoms with Gasteiger partial charge in [0.05, 0.1) is 6.04 Å². The van der Waals surface area contributed by atoms with Crippen LogP contribution in [0.2, 0.25) is 0 Å². The maximum absolute atomic E-state index is 5.45. The summed E-state index contributed by atoms with van der Waals surface area (Å²) in [6, 6.07) is 2.80. The highest BCUT2D eigenvalue weighted by Crippen LogP contribution is 2.28. The second-order valence-corrected chi connectivity index (χ2v) is 5.73. The number of hydrogen-bond donors (Lipinski definition) is 2. The van der Waals surface area contributed by atoms with Crippen LogP contribution in [0.3, 0.4) is 0 Å². The van der Waals surface area contributed by atoms with Gasteiger partial charge in [-0.1, -0.05) is 5.10 Å². The molecule has 0 spiro atoms. The van der Waals surface area contributed by atoms with Gasteiger partial charge in [0, 0.05) is 22.7 Å². The molecule has 0 bridgehead atoms. The summed E-state index contributed by atoms with van der Waals surface area (Å²) in [7, 11) is 0. The number of aryl methyl sites for hydroxylation is 2. The molecular formula is C12H18N4OS. The Morgan fingerprint density at radius 3 is 2.83 bits per heavy atom. The number of nitrogens with zero attached hydrogens (tertiary/aromatic N) is 2. The molecule has 1 unspecified atom stereocenters. The van der Waals surface area contributed by atoms with Crippen LogP contribution in [0.1, 0.15) is 34.2 Å². The first-order chi connectivity index (χ1) is 8.60. The molecule has 0 aliphatic heterocycles. The first kappa shape index (κ1) is 13.0. The lowest BCUT2D eigenvalue weighted by molar-refractivity contribution is 0.502. The van der Waals surface area contributed by atoms with E-state index in [0.717, 1.165) is 0 Å². The Labute approximate surface area is 110 Å². The summed E-state index contributed by atoms with van der Waals surface area (Å²) in [5, 5.41) is 11.1. The topological polar surface area (TPSA) is 77.0 Å². The van der Waals surface area contributed by atoms with Gasteiger partial charge >= 0.3 is 6.01 Å². The van der Waals surface area contributed by atoms with Gasteiger partial charge < -0.3 is 15.5 Å². The van der Waals surface area contributed by atoms with E-state index in [9.17, 15) is 0 Å². The van der Waals surface area contributed by atoms with Crippen molar-refractivity contribution in [2.75, 3.05) is 11.9 Å². The number of thiophene rings is 1. The molecule has 0 aliphatic carbocycles. The zero-order valence-corrected chi connectivity index (χ0v) is 11.7. The van der Waals surface area contributed by atoms with E-state index < -0.39 is 0 Å². The predicted octanol–water partition coefficient (Wildman–Crippen LogP) is 2.42. The first-order valence-corrected chi connectivity index (χ1v) is 6.77. The minimum Gasteiger partial charge on any atom is -0.408 e.